The number of thiazole rings is 1. The summed E-state index contributed by atoms with van der Waals surface area (Å²) in [4.78, 5) is 11.4. The maximum absolute atomic E-state index is 5.61. The molecule has 2 N–H and O–H groups in total. The number of nitrogens with zero attached hydrogens (tertiary/aromatic N) is 3. The molecule has 6 nitrogen and oxygen atoms in total. The molecule has 2 aliphatic rings. The Morgan fingerprint density at radius 1 is 1.39 bits per heavy atom. The molecule has 0 aliphatic carbocycles. The van der Waals surface area contributed by atoms with E-state index in [-0.39, 0.29) is 0 Å². The molecule has 1 unspecified atom stereocenters. The molecule has 23 heavy (non-hydrogen) atoms. The van der Waals surface area contributed by atoms with Crippen LogP contribution < -0.4 is 15.5 Å². The molecule has 0 bridgehead atoms. The smallest absolute Gasteiger partial charge is 0.191 e. The van der Waals surface area contributed by atoms with Gasteiger partial charge in [0.15, 0.2) is 11.1 Å². The lowest BCUT2D eigenvalue weighted by Crippen LogP contribution is -2.41. The van der Waals surface area contributed by atoms with Crippen molar-refractivity contribution in [3.8, 4) is 0 Å². The highest BCUT2D eigenvalue weighted by Crippen LogP contribution is 2.24. The van der Waals surface area contributed by atoms with Crippen LogP contribution in [0.4, 0.5) is 5.13 Å². The molecule has 3 rings (SSSR count). The van der Waals surface area contributed by atoms with Crippen molar-refractivity contribution in [2.24, 2.45) is 4.99 Å². The van der Waals surface area contributed by atoms with Gasteiger partial charge in [0.05, 0.1) is 11.8 Å². The van der Waals surface area contributed by atoms with Crippen LogP contribution in [0.15, 0.2) is 10.4 Å². The number of guanidine groups is 1. The molecule has 2 fully saturated rings. The lowest BCUT2D eigenvalue weighted by Gasteiger charge is -2.14. The molecular formula is C16H27N5OS. The van der Waals surface area contributed by atoms with Gasteiger partial charge >= 0.3 is 0 Å². The zero-order chi connectivity index (χ0) is 15.9. The van der Waals surface area contributed by atoms with Crippen LogP contribution in [-0.4, -0.2) is 56.9 Å². The van der Waals surface area contributed by atoms with Gasteiger partial charge in [0.25, 0.3) is 0 Å². The molecule has 2 saturated heterocycles. The van der Waals surface area contributed by atoms with Crippen molar-refractivity contribution < 1.29 is 4.74 Å². The average molecular weight is 337 g/mol. The molecular weight excluding hydrogens is 310 g/mol. The van der Waals surface area contributed by atoms with E-state index < -0.39 is 0 Å². The first-order valence-corrected chi connectivity index (χ1v) is 9.48. The topological polar surface area (TPSA) is 61.8 Å². The zero-order valence-corrected chi connectivity index (χ0v) is 14.7. The Labute approximate surface area is 142 Å². The number of nitrogens with one attached hydrogen (secondary N) is 2. The molecule has 128 valence electrons. The Balaban J connectivity index is 1.37. The summed E-state index contributed by atoms with van der Waals surface area (Å²) in [7, 11) is 1.80. The summed E-state index contributed by atoms with van der Waals surface area (Å²) in [6, 6.07) is 0. The first-order valence-electron chi connectivity index (χ1n) is 8.60. The minimum absolute atomic E-state index is 0.329. The predicted octanol–water partition coefficient (Wildman–Crippen LogP) is 1.63. The van der Waals surface area contributed by atoms with Crippen LogP contribution in [0.5, 0.6) is 0 Å². The third-order valence-electron chi connectivity index (χ3n) is 4.33. The number of aliphatic imine (C=N–C) groups is 1. The van der Waals surface area contributed by atoms with Crippen molar-refractivity contribution in [1.82, 2.24) is 15.6 Å². The zero-order valence-electron chi connectivity index (χ0n) is 13.9. The van der Waals surface area contributed by atoms with Gasteiger partial charge < -0.3 is 20.3 Å². The fourth-order valence-corrected chi connectivity index (χ4v) is 3.92. The van der Waals surface area contributed by atoms with E-state index in [1.165, 1.54) is 30.1 Å². The minimum Gasteiger partial charge on any atom is -0.376 e. The van der Waals surface area contributed by atoms with Crippen molar-refractivity contribution in [2.45, 2.75) is 38.2 Å². The van der Waals surface area contributed by atoms with Crippen molar-refractivity contribution >= 4 is 22.4 Å². The molecule has 2 aliphatic heterocycles. The van der Waals surface area contributed by atoms with Gasteiger partial charge in [-0.1, -0.05) is 0 Å². The van der Waals surface area contributed by atoms with E-state index in [1.807, 2.05) is 0 Å². The van der Waals surface area contributed by atoms with Crippen molar-refractivity contribution in [3.63, 3.8) is 0 Å². The van der Waals surface area contributed by atoms with Crippen molar-refractivity contribution in [3.05, 3.63) is 11.1 Å². The van der Waals surface area contributed by atoms with Crippen LogP contribution in [-0.2, 0) is 11.2 Å². The Morgan fingerprint density at radius 2 is 2.26 bits per heavy atom. The minimum atomic E-state index is 0.329. The van der Waals surface area contributed by atoms with E-state index in [2.05, 4.69) is 25.9 Å². The first kappa shape index (κ1) is 16.5. The molecule has 7 heteroatoms. The second-order valence-corrected chi connectivity index (χ2v) is 6.92. The summed E-state index contributed by atoms with van der Waals surface area (Å²) in [5.74, 6) is 0.843. The molecule has 0 aromatic carbocycles. The number of aromatic nitrogens is 1. The van der Waals surface area contributed by atoms with Crippen LogP contribution in [0.25, 0.3) is 0 Å². The summed E-state index contributed by atoms with van der Waals surface area (Å²) in [5.41, 5.74) is 1.17. The maximum atomic E-state index is 5.61. The Bertz CT molecular complexity index is 506. The Morgan fingerprint density at radius 3 is 3.00 bits per heavy atom. The third kappa shape index (κ3) is 4.81. The second kappa shape index (κ2) is 8.49. The highest BCUT2D eigenvalue weighted by Gasteiger charge is 2.16. The van der Waals surface area contributed by atoms with Crippen molar-refractivity contribution in [1.29, 1.82) is 0 Å². The first-order chi connectivity index (χ1) is 11.3. The van der Waals surface area contributed by atoms with Gasteiger partial charge in [-0.15, -0.1) is 11.3 Å². The van der Waals surface area contributed by atoms with E-state index in [9.17, 15) is 0 Å². The van der Waals surface area contributed by atoms with E-state index in [0.29, 0.717) is 6.10 Å². The van der Waals surface area contributed by atoms with E-state index in [4.69, 9.17) is 9.72 Å². The molecule has 3 heterocycles. The molecule has 0 spiro atoms. The summed E-state index contributed by atoms with van der Waals surface area (Å²) in [6.07, 6.45) is 6.15. The molecule has 1 aromatic rings. The van der Waals surface area contributed by atoms with Gasteiger partial charge in [-0.05, 0) is 25.7 Å². The van der Waals surface area contributed by atoms with Gasteiger partial charge in [0.2, 0.25) is 0 Å². The Kier molecular flexibility index (Phi) is 6.10. The summed E-state index contributed by atoms with van der Waals surface area (Å²) >= 11 is 1.76. The van der Waals surface area contributed by atoms with Crippen LogP contribution in [0.2, 0.25) is 0 Å². The van der Waals surface area contributed by atoms with Crippen molar-refractivity contribution in [2.75, 3.05) is 44.7 Å². The van der Waals surface area contributed by atoms with E-state index in [0.717, 1.165) is 51.6 Å². The van der Waals surface area contributed by atoms with E-state index >= 15 is 0 Å². The molecule has 0 radical (unpaired) electrons. The van der Waals surface area contributed by atoms with Gasteiger partial charge in [-0.25, -0.2) is 4.98 Å². The normalized spacial score (nSPS) is 21.9. The predicted molar refractivity (Wildman–Crippen MR) is 95.6 cm³/mol. The molecule has 0 saturated carbocycles. The lowest BCUT2D eigenvalue weighted by atomic mass is 10.2. The summed E-state index contributed by atoms with van der Waals surface area (Å²) in [6.45, 7) is 4.88. The number of hydrogen-bond donors (Lipinski definition) is 2. The number of anilines is 1. The number of rotatable bonds is 6. The van der Waals surface area contributed by atoms with Gasteiger partial charge in [-0.2, -0.15) is 0 Å². The van der Waals surface area contributed by atoms with Gasteiger partial charge in [-0.3, -0.25) is 4.99 Å². The number of ether oxygens (including phenoxy) is 1. The SMILES string of the molecule is CN=C(NCCc1csc(N2CCCC2)n1)NCC1CCCO1. The largest absolute Gasteiger partial charge is 0.376 e. The highest BCUT2D eigenvalue weighted by atomic mass is 32.1. The van der Waals surface area contributed by atoms with Gasteiger partial charge in [0.1, 0.15) is 0 Å². The van der Waals surface area contributed by atoms with Crippen LogP contribution in [0.3, 0.4) is 0 Å². The highest BCUT2D eigenvalue weighted by molar-refractivity contribution is 7.13. The third-order valence-corrected chi connectivity index (χ3v) is 5.28. The second-order valence-electron chi connectivity index (χ2n) is 6.08. The number of hydrogen-bond acceptors (Lipinski definition) is 5. The maximum Gasteiger partial charge on any atom is 0.191 e. The summed E-state index contributed by atoms with van der Waals surface area (Å²) < 4.78 is 5.61. The molecule has 1 aromatic heterocycles. The molecule has 1 atom stereocenters. The van der Waals surface area contributed by atoms with Crippen LogP contribution in [0, 0.1) is 0 Å². The Hall–Kier alpha value is -1.34. The fraction of sp³-hybridized carbons (Fsp3) is 0.750. The molecule has 0 amide bonds. The van der Waals surface area contributed by atoms with Crippen LogP contribution >= 0.6 is 11.3 Å². The van der Waals surface area contributed by atoms with Gasteiger partial charge in [0, 0.05) is 51.6 Å². The summed E-state index contributed by atoms with van der Waals surface area (Å²) in [5, 5.41) is 10.0. The quantitative estimate of drug-likeness (QED) is 0.610. The van der Waals surface area contributed by atoms with E-state index in [1.54, 1.807) is 18.4 Å². The monoisotopic (exact) mass is 337 g/mol. The fourth-order valence-electron chi connectivity index (χ4n) is 3.01. The average Bonchev–Trinajstić information content (AvgIpc) is 3.32. The standard InChI is InChI=1S/C16H27N5OS/c1-17-15(19-11-14-5-4-10-22-14)18-7-6-13-12-23-16(20-13)21-8-2-3-9-21/h12,14H,2-11H2,1H3,(H2,17,18,19). The van der Waals surface area contributed by atoms with Crippen LogP contribution in [0.1, 0.15) is 31.4 Å². The lowest BCUT2D eigenvalue weighted by molar-refractivity contribution is 0.114.